The Balaban J connectivity index is 2.81. The molecule has 0 aromatic carbocycles. The lowest BCUT2D eigenvalue weighted by molar-refractivity contribution is 0.0607. The van der Waals surface area contributed by atoms with E-state index in [2.05, 4.69) is 30.8 Å². The van der Waals surface area contributed by atoms with E-state index in [0.717, 1.165) is 5.00 Å². The van der Waals surface area contributed by atoms with Gasteiger partial charge in [-0.25, -0.2) is 4.79 Å². The molecule has 0 fully saturated rings. The van der Waals surface area contributed by atoms with Gasteiger partial charge in [-0.1, -0.05) is 13.8 Å². The lowest BCUT2D eigenvalue weighted by atomic mass is 10.1. The van der Waals surface area contributed by atoms with Crippen LogP contribution in [-0.4, -0.2) is 19.1 Å². The second kappa shape index (κ2) is 5.21. The lowest BCUT2D eigenvalue weighted by Crippen LogP contribution is -2.20. The third-order valence-electron chi connectivity index (χ3n) is 2.50. The molecular formula is C11H18N2O2S. The minimum atomic E-state index is -0.382. The Bertz CT molecular complexity index is 374. The van der Waals surface area contributed by atoms with Crippen molar-refractivity contribution in [1.82, 2.24) is 0 Å². The topological polar surface area (TPSA) is 64.3 Å². The molecule has 0 aliphatic heterocycles. The Morgan fingerprint density at radius 2 is 2.12 bits per heavy atom. The summed E-state index contributed by atoms with van der Waals surface area (Å²) in [6.45, 7) is 6.37. The van der Waals surface area contributed by atoms with Crippen molar-refractivity contribution in [2.24, 2.45) is 5.92 Å². The SMILES string of the molecule is COC(=O)c1sc(NC(C)C(C)C)cc1N. The van der Waals surface area contributed by atoms with E-state index in [4.69, 9.17) is 5.73 Å². The Hall–Kier alpha value is -1.23. The Morgan fingerprint density at radius 3 is 2.62 bits per heavy atom. The van der Waals surface area contributed by atoms with E-state index in [0.29, 0.717) is 22.5 Å². The van der Waals surface area contributed by atoms with E-state index in [1.807, 2.05) is 0 Å². The van der Waals surface area contributed by atoms with Gasteiger partial charge in [0.15, 0.2) is 0 Å². The van der Waals surface area contributed by atoms with E-state index < -0.39 is 0 Å². The molecule has 0 saturated carbocycles. The maximum atomic E-state index is 11.3. The van der Waals surface area contributed by atoms with Gasteiger partial charge in [0.05, 0.1) is 17.8 Å². The summed E-state index contributed by atoms with van der Waals surface area (Å²) < 4.78 is 4.65. The molecule has 0 bridgehead atoms. The van der Waals surface area contributed by atoms with Crippen molar-refractivity contribution in [3.8, 4) is 0 Å². The van der Waals surface area contributed by atoms with Crippen molar-refractivity contribution < 1.29 is 9.53 Å². The number of esters is 1. The monoisotopic (exact) mass is 242 g/mol. The van der Waals surface area contributed by atoms with Gasteiger partial charge in [0.25, 0.3) is 0 Å². The predicted molar refractivity (Wildman–Crippen MR) is 68.0 cm³/mol. The molecule has 0 aliphatic rings. The summed E-state index contributed by atoms with van der Waals surface area (Å²) in [5.41, 5.74) is 6.21. The largest absolute Gasteiger partial charge is 0.465 e. The normalized spacial score (nSPS) is 12.6. The molecule has 1 aromatic heterocycles. The summed E-state index contributed by atoms with van der Waals surface area (Å²) in [5.74, 6) is 0.137. The molecule has 3 N–H and O–H groups in total. The van der Waals surface area contributed by atoms with E-state index in [-0.39, 0.29) is 5.97 Å². The van der Waals surface area contributed by atoms with Gasteiger partial charge in [0.2, 0.25) is 0 Å². The van der Waals surface area contributed by atoms with Crippen LogP contribution in [0.5, 0.6) is 0 Å². The maximum Gasteiger partial charge on any atom is 0.350 e. The molecule has 1 heterocycles. The zero-order chi connectivity index (χ0) is 12.3. The number of nitrogens with two attached hydrogens (primary N) is 1. The fraction of sp³-hybridized carbons (Fsp3) is 0.545. The number of thiophene rings is 1. The molecule has 0 spiro atoms. The summed E-state index contributed by atoms with van der Waals surface area (Å²) in [6.07, 6.45) is 0. The van der Waals surface area contributed by atoms with Crippen LogP contribution in [0.15, 0.2) is 6.07 Å². The van der Waals surface area contributed by atoms with Crippen LogP contribution in [0.25, 0.3) is 0 Å². The fourth-order valence-corrected chi connectivity index (χ4v) is 2.11. The molecule has 5 heteroatoms. The number of hydrogen-bond acceptors (Lipinski definition) is 5. The molecule has 1 aromatic rings. The molecule has 16 heavy (non-hydrogen) atoms. The number of methoxy groups -OCH3 is 1. The lowest BCUT2D eigenvalue weighted by Gasteiger charge is -2.16. The molecule has 0 saturated heterocycles. The average Bonchev–Trinajstić information content (AvgIpc) is 2.58. The van der Waals surface area contributed by atoms with Gasteiger partial charge in [-0.3, -0.25) is 0 Å². The van der Waals surface area contributed by atoms with Crippen LogP contribution < -0.4 is 11.1 Å². The Kier molecular flexibility index (Phi) is 4.18. The van der Waals surface area contributed by atoms with Gasteiger partial charge in [0, 0.05) is 6.04 Å². The van der Waals surface area contributed by atoms with E-state index >= 15 is 0 Å². The number of nitrogen functional groups attached to an aromatic ring is 1. The van der Waals surface area contributed by atoms with Crippen LogP contribution in [0, 0.1) is 5.92 Å². The second-order valence-electron chi connectivity index (χ2n) is 4.06. The summed E-state index contributed by atoms with van der Waals surface area (Å²) in [6, 6.07) is 2.11. The summed E-state index contributed by atoms with van der Waals surface area (Å²) in [7, 11) is 1.35. The molecule has 1 unspecified atom stereocenters. The van der Waals surface area contributed by atoms with Crippen LogP contribution in [0.3, 0.4) is 0 Å². The zero-order valence-corrected chi connectivity index (χ0v) is 10.9. The molecular weight excluding hydrogens is 224 g/mol. The highest BCUT2D eigenvalue weighted by molar-refractivity contribution is 7.18. The molecule has 1 rings (SSSR count). The average molecular weight is 242 g/mol. The van der Waals surface area contributed by atoms with Crippen molar-refractivity contribution in [3.05, 3.63) is 10.9 Å². The summed E-state index contributed by atoms with van der Waals surface area (Å²) >= 11 is 1.33. The van der Waals surface area contributed by atoms with Gasteiger partial charge in [0.1, 0.15) is 4.88 Å². The first-order valence-corrected chi connectivity index (χ1v) is 6.01. The number of nitrogens with one attached hydrogen (secondary N) is 1. The van der Waals surface area contributed by atoms with Gasteiger partial charge in [-0.2, -0.15) is 0 Å². The van der Waals surface area contributed by atoms with Crippen molar-refractivity contribution in [1.29, 1.82) is 0 Å². The molecule has 0 radical (unpaired) electrons. The van der Waals surface area contributed by atoms with Gasteiger partial charge in [-0.05, 0) is 18.9 Å². The van der Waals surface area contributed by atoms with Crippen LogP contribution in [-0.2, 0) is 4.74 Å². The third-order valence-corrected chi connectivity index (χ3v) is 3.56. The van der Waals surface area contributed by atoms with E-state index in [1.54, 1.807) is 6.07 Å². The fourth-order valence-electron chi connectivity index (χ4n) is 1.12. The number of hydrogen-bond donors (Lipinski definition) is 2. The molecule has 0 aliphatic carbocycles. The minimum Gasteiger partial charge on any atom is -0.465 e. The van der Waals surface area contributed by atoms with Gasteiger partial charge >= 0.3 is 5.97 Å². The van der Waals surface area contributed by atoms with Crippen LogP contribution in [0.4, 0.5) is 10.7 Å². The number of carbonyl (C=O) groups is 1. The quantitative estimate of drug-likeness (QED) is 0.796. The number of anilines is 2. The van der Waals surface area contributed by atoms with Crippen LogP contribution in [0.1, 0.15) is 30.4 Å². The first kappa shape index (κ1) is 12.8. The zero-order valence-electron chi connectivity index (χ0n) is 10.0. The first-order chi connectivity index (χ1) is 7.45. The highest BCUT2D eigenvalue weighted by Crippen LogP contribution is 2.30. The Morgan fingerprint density at radius 1 is 1.50 bits per heavy atom. The predicted octanol–water partition coefficient (Wildman–Crippen LogP) is 2.57. The van der Waals surface area contributed by atoms with Crippen LogP contribution >= 0.6 is 11.3 Å². The number of ether oxygens (including phenoxy) is 1. The smallest absolute Gasteiger partial charge is 0.350 e. The van der Waals surface area contributed by atoms with Gasteiger partial charge < -0.3 is 15.8 Å². The van der Waals surface area contributed by atoms with Crippen LogP contribution in [0.2, 0.25) is 0 Å². The second-order valence-corrected chi connectivity index (χ2v) is 5.12. The maximum absolute atomic E-state index is 11.3. The van der Waals surface area contributed by atoms with Gasteiger partial charge in [-0.15, -0.1) is 11.3 Å². The molecule has 90 valence electrons. The van der Waals surface area contributed by atoms with Crippen molar-refractivity contribution in [3.63, 3.8) is 0 Å². The Labute approximate surface area is 99.8 Å². The van der Waals surface area contributed by atoms with Crippen molar-refractivity contribution in [2.75, 3.05) is 18.2 Å². The molecule has 4 nitrogen and oxygen atoms in total. The molecule has 0 amide bonds. The number of carbonyl (C=O) groups excluding carboxylic acids is 1. The highest BCUT2D eigenvalue weighted by Gasteiger charge is 2.16. The standard InChI is InChI=1S/C11H18N2O2S/c1-6(2)7(3)13-9-5-8(12)10(16-9)11(14)15-4/h5-7,13H,12H2,1-4H3. The van der Waals surface area contributed by atoms with E-state index in [9.17, 15) is 4.79 Å². The van der Waals surface area contributed by atoms with E-state index in [1.165, 1.54) is 18.4 Å². The summed E-state index contributed by atoms with van der Waals surface area (Å²) in [4.78, 5) is 11.8. The third kappa shape index (κ3) is 2.88. The minimum absolute atomic E-state index is 0.337. The first-order valence-electron chi connectivity index (χ1n) is 5.19. The summed E-state index contributed by atoms with van der Waals surface area (Å²) in [5, 5.41) is 4.21. The number of rotatable bonds is 4. The highest BCUT2D eigenvalue weighted by atomic mass is 32.1. The molecule has 1 atom stereocenters. The van der Waals surface area contributed by atoms with Crippen molar-refractivity contribution in [2.45, 2.75) is 26.8 Å². The van der Waals surface area contributed by atoms with Crippen molar-refractivity contribution >= 4 is 28.0 Å².